The Bertz CT molecular complexity index is 378. The monoisotopic (exact) mass is 267 g/mol. The van der Waals surface area contributed by atoms with E-state index in [4.69, 9.17) is 0 Å². The summed E-state index contributed by atoms with van der Waals surface area (Å²) in [6.45, 7) is 2.22. The van der Waals surface area contributed by atoms with Crippen LogP contribution in [0.3, 0.4) is 0 Å². The zero-order chi connectivity index (χ0) is 13.1. The van der Waals surface area contributed by atoms with Crippen molar-refractivity contribution < 1.29 is 17.6 Å². The summed E-state index contributed by atoms with van der Waals surface area (Å²) >= 11 is 3.98. The average molecular weight is 267 g/mol. The number of rotatable bonds is 4. The maximum atomic E-state index is 13.1. The van der Waals surface area contributed by atoms with Crippen LogP contribution in [0, 0.1) is 5.82 Å². The first kappa shape index (κ1) is 14.3. The minimum absolute atomic E-state index is 0.277. The highest BCUT2D eigenvalue weighted by Gasteiger charge is 2.31. The van der Waals surface area contributed by atoms with Gasteiger partial charge in [0.05, 0.1) is 5.56 Å². The lowest BCUT2D eigenvalue weighted by Crippen LogP contribution is -2.21. The molecule has 0 fully saturated rings. The number of benzene rings is 1. The number of halogens is 4. The highest BCUT2D eigenvalue weighted by molar-refractivity contribution is 7.80. The predicted molar refractivity (Wildman–Crippen MR) is 61.7 cm³/mol. The van der Waals surface area contributed by atoms with Crippen LogP contribution < -0.4 is 5.32 Å². The minimum atomic E-state index is -4.53. The van der Waals surface area contributed by atoms with Gasteiger partial charge in [0.15, 0.2) is 0 Å². The molecule has 1 rings (SSSR count). The minimum Gasteiger partial charge on any atom is -0.309 e. The molecule has 0 aliphatic carbocycles. The predicted octanol–water partition coefficient (Wildman–Crippen LogP) is 3.42. The van der Waals surface area contributed by atoms with E-state index in [1.807, 2.05) is 0 Å². The molecule has 0 aromatic heterocycles. The first-order chi connectivity index (χ1) is 7.84. The molecule has 0 radical (unpaired) electrons. The molecule has 1 atom stereocenters. The van der Waals surface area contributed by atoms with Crippen molar-refractivity contribution in [3.8, 4) is 0 Å². The molecular weight excluding hydrogens is 254 g/mol. The maximum absolute atomic E-state index is 13.1. The first-order valence-corrected chi connectivity index (χ1v) is 5.69. The standard InChI is InChI=1S/C11H13F4NS/c1-7(16-2-3-17)8-4-9(11(13,14)15)6-10(12)5-8/h4-7,16-17H,2-3H2,1H3/t7-/m1/s1. The van der Waals surface area contributed by atoms with Crippen molar-refractivity contribution >= 4 is 12.6 Å². The second kappa shape index (κ2) is 5.73. The molecule has 96 valence electrons. The fraction of sp³-hybridized carbons (Fsp3) is 0.455. The van der Waals surface area contributed by atoms with Crippen molar-refractivity contribution in [1.29, 1.82) is 0 Å². The summed E-state index contributed by atoms with van der Waals surface area (Å²) in [7, 11) is 0. The van der Waals surface area contributed by atoms with Crippen LogP contribution in [0.25, 0.3) is 0 Å². The molecular formula is C11H13F4NS. The number of hydrogen-bond donors (Lipinski definition) is 2. The third kappa shape index (κ3) is 4.20. The van der Waals surface area contributed by atoms with Gasteiger partial charge in [-0.1, -0.05) is 0 Å². The third-order valence-electron chi connectivity index (χ3n) is 2.31. The van der Waals surface area contributed by atoms with Crippen molar-refractivity contribution in [1.82, 2.24) is 5.32 Å². The molecule has 1 nitrogen and oxygen atoms in total. The van der Waals surface area contributed by atoms with Crippen LogP contribution in [0.2, 0.25) is 0 Å². The summed E-state index contributed by atoms with van der Waals surface area (Å²) in [4.78, 5) is 0. The molecule has 0 bridgehead atoms. The van der Waals surface area contributed by atoms with E-state index < -0.39 is 17.6 Å². The van der Waals surface area contributed by atoms with E-state index in [1.54, 1.807) is 6.92 Å². The highest BCUT2D eigenvalue weighted by Crippen LogP contribution is 2.31. The van der Waals surface area contributed by atoms with Gasteiger partial charge in [0.2, 0.25) is 0 Å². The Morgan fingerprint density at radius 3 is 2.47 bits per heavy atom. The van der Waals surface area contributed by atoms with Crippen LogP contribution in [-0.4, -0.2) is 12.3 Å². The number of hydrogen-bond acceptors (Lipinski definition) is 2. The zero-order valence-corrected chi connectivity index (χ0v) is 10.1. The van der Waals surface area contributed by atoms with Gasteiger partial charge < -0.3 is 5.32 Å². The van der Waals surface area contributed by atoms with Gasteiger partial charge in [0, 0.05) is 18.3 Å². The van der Waals surface area contributed by atoms with Crippen LogP contribution in [-0.2, 0) is 6.18 Å². The van der Waals surface area contributed by atoms with Crippen molar-refractivity contribution in [3.05, 3.63) is 35.1 Å². The number of nitrogens with one attached hydrogen (secondary N) is 1. The molecule has 0 heterocycles. The smallest absolute Gasteiger partial charge is 0.309 e. The summed E-state index contributed by atoms with van der Waals surface area (Å²) in [5.74, 6) is -0.319. The molecule has 17 heavy (non-hydrogen) atoms. The Kier molecular flexibility index (Phi) is 4.82. The number of alkyl halides is 3. The summed E-state index contributed by atoms with van der Waals surface area (Å²) in [6, 6.07) is 2.21. The molecule has 0 amide bonds. The van der Waals surface area contributed by atoms with E-state index in [1.165, 1.54) is 0 Å². The normalized spacial score (nSPS) is 13.8. The largest absolute Gasteiger partial charge is 0.416 e. The van der Waals surface area contributed by atoms with Crippen molar-refractivity contribution in [2.45, 2.75) is 19.1 Å². The van der Waals surface area contributed by atoms with E-state index in [9.17, 15) is 17.6 Å². The quantitative estimate of drug-likeness (QED) is 0.629. The van der Waals surface area contributed by atoms with Gasteiger partial charge in [-0.3, -0.25) is 0 Å². The molecule has 1 N–H and O–H groups in total. The lowest BCUT2D eigenvalue weighted by Gasteiger charge is -2.16. The Morgan fingerprint density at radius 1 is 1.29 bits per heavy atom. The average Bonchev–Trinajstić information content (AvgIpc) is 2.23. The van der Waals surface area contributed by atoms with Gasteiger partial charge in [0.1, 0.15) is 5.82 Å². The molecule has 0 aliphatic heterocycles. The number of thiol groups is 1. The van der Waals surface area contributed by atoms with Gasteiger partial charge in [-0.15, -0.1) is 0 Å². The van der Waals surface area contributed by atoms with Crippen LogP contribution >= 0.6 is 12.6 Å². The Hall–Kier alpha value is -0.750. The van der Waals surface area contributed by atoms with E-state index in [0.29, 0.717) is 18.4 Å². The second-order valence-corrected chi connectivity index (χ2v) is 4.12. The fourth-order valence-corrected chi connectivity index (χ4v) is 1.55. The lowest BCUT2D eigenvalue weighted by atomic mass is 10.0. The van der Waals surface area contributed by atoms with E-state index in [0.717, 1.165) is 12.1 Å². The summed E-state index contributed by atoms with van der Waals surface area (Å²) in [5, 5.41) is 2.94. The van der Waals surface area contributed by atoms with Crippen LogP contribution in [0.5, 0.6) is 0 Å². The molecule has 0 saturated carbocycles. The van der Waals surface area contributed by atoms with E-state index in [2.05, 4.69) is 17.9 Å². The van der Waals surface area contributed by atoms with Crippen LogP contribution in [0.4, 0.5) is 17.6 Å². The SMILES string of the molecule is C[C@@H](NCCS)c1cc(F)cc(C(F)(F)F)c1. The summed E-state index contributed by atoms with van der Waals surface area (Å²) in [5.41, 5.74) is -0.689. The zero-order valence-electron chi connectivity index (χ0n) is 9.18. The Morgan fingerprint density at radius 2 is 1.94 bits per heavy atom. The molecule has 1 aromatic carbocycles. The lowest BCUT2D eigenvalue weighted by molar-refractivity contribution is -0.137. The van der Waals surface area contributed by atoms with E-state index >= 15 is 0 Å². The highest BCUT2D eigenvalue weighted by atomic mass is 32.1. The van der Waals surface area contributed by atoms with Crippen molar-refractivity contribution in [3.63, 3.8) is 0 Å². The van der Waals surface area contributed by atoms with Gasteiger partial charge in [0.25, 0.3) is 0 Å². The molecule has 0 aliphatic rings. The van der Waals surface area contributed by atoms with Gasteiger partial charge >= 0.3 is 6.18 Å². The van der Waals surface area contributed by atoms with Gasteiger partial charge in [-0.2, -0.15) is 25.8 Å². The first-order valence-electron chi connectivity index (χ1n) is 5.06. The molecule has 0 spiro atoms. The Balaban J connectivity index is 2.97. The van der Waals surface area contributed by atoms with Crippen molar-refractivity contribution in [2.75, 3.05) is 12.3 Å². The third-order valence-corrected chi connectivity index (χ3v) is 2.53. The van der Waals surface area contributed by atoms with Crippen LogP contribution in [0.15, 0.2) is 18.2 Å². The second-order valence-electron chi connectivity index (χ2n) is 3.67. The fourth-order valence-electron chi connectivity index (χ4n) is 1.42. The van der Waals surface area contributed by atoms with Gasteiger partial charge in [-0.25, -0.2) is 4.39 Å². The Labute approximate surface area is 103 Å². The molecule has 0 saturated heterocycles. The van der Waals surface area contributed by atoms with E-state index in [-0.39, 0.29) is 11.6 Å². The molecule has 0 unspecified atom stereocenters. The maximum Gasteiger partial charge on any atom is 0.416 e. The molecule has 1 aromatic rings. The van der Waals surface area contributed by atoms with Crippen molar-refractivity contribution in [2.24, 2.45) is 0 Å². The molecule has 6 heteroatoms. The summed E-state index contributed by atoms with van der Waals surface area (Å²) in [6.07, 6.45) is -4.53. The van der Waals surface area contributed by atoms with Gasteiger partial charge in [-0.05, 0) is 30.7 Å². The summed E-state index contributed by atoms with van der Waals surface area (Å²) < 4.78 is 50.5. The topological polar surface area (TPSA) is 12.0 Å². The van der Waals surface area contributed by atoms with Crippen LogP contribution in [0.1, 0.15) is 24.1 Å².